The van der Waals surface area contributed by atoms with Crippen LogP contribution in [0.15, 0.2) is 23.3 Å². The molecule has 2 aromatic heterocycles. The van der Waals surface area contributed by atoms with E-state index in [4.69, 9.17) is 9.73 Å². The van der Waals surface area contributed by atoms with Crippen LogP contribution in [0.25, 0.3) is 0 Å². The summed E-state index contributed by atoms with van der Waals surface area (Å²) in [5, 5.41) is 11.9. The first-order valence-electron chi connectivity index (χ1n) is 10.3. The van der Waals surface area contributed by atoms with Crippen molar-refractivity contribution in [1.29, 1.82) is 0 Å². The summed E-state index contributed by atoms with van der Waals surface area (Å²) in [7, 11) is 6.12. The molecule has 0 radical (unpaired) electrons. The minimum absolute atomic E-state index is 0. The third-order valence-corrected chi connectivity index (χ3v) is 5.40. The van der Waals surface area contributed by atoms with Gasteiger partial charge in [-0.1, -0.05) is 0 Å². The maximum atomic E-state index is 5.42. The first-order chi connectivity index (χ1) is 14.0. The molecule has 1 aliphatic rings. The predicted octanol–water partition coefficient (Wildman–Crippen LogP) is 1.38. The van der Waals surface area contributed by atoms with E-state index in [2.05, 4.69) is 62.3 Å². The van der Waals surface area contributed by atoms with Gasteiger partial charge in [-0.3, -0.25) is 4.90 Å². The van der Waals surface area contributed by atoms with Crippen LogP contribution in [0.5, 0.6) is 0 Å². The number of hydrogen-bond acceptors (Lipinski definition) is 5. The van der Waals surface area contributed by atoms with Gasteiger partial charge >= 0.3 is 0 Å². The lowest BCUT2D eigenvalue weighted by molar-refractivity contribution is 0.0375. The van der Waals surface area contributed by atoms with E-state index in [0.717, 1.165) is 70.0 Å². The number of ether oxygens (including phenoxy) is 1. The second-order valence-corrected chi connectivity index (χ2v) is 7.56. The Kier molecular flexibility index (Phi) is 10.1. The third-order valence-electron chi connectivity index (χ3n) is 5.40. The largest absolute Gasteiger partial charge is 0.379 e. The second-order valence-electron chi connectivity index (χ2n) is 7.56. The predicted molar refractivity (Wildman–Crippen MR) is 129 cm³/mol. The fourth-order valence-corrected chi connectivity index (χ4v) is 3.35. The van der Waals surface area contributed by atoms with Crippen molar-refractivity contribution in [2.24, 2.45) is 19.1 Å². The molecule has 0 unspecified atom stereocenters. The van der Waals surface area contributed by atoms with Crippen LogP contribution < -0.4 is 5.32 Å². The summed E-state index contributed by atoms with van der Waals surface area (Å²) >= 11 is 0. The van der Waals surface area contributed by atoms with Crippen molar-refractivity contribution in [1.82, 2.24) is 34.4 Å². The number of nitrogens with zero attached hydrogens (tertiary/aromatic N) is 7. The molecule has 1 fully saturated rings. The van der Waals surface area contributed by atoms with Crippen LogP contribution in [0, 0.1) is 6.92 Å². The highest BCUT2D eigenvalue weighted by molar-refractivity contribution is 14.0. The number of aryl methyl sites for hydroxylation is 2. The van der Waals surface area contributed by atoms with Gasteiger partial charge in [-0.15, -0.1) is 34.2 Å². The van der Waals surface area contributed by atoms with Gasteiger partial charge in [-0.05, 0) is 32.0 Å². The molecule has 3 rings (SSSR count). The van der Waals surface area contributed by atoms with Crippen LogP contribution in [-0.4, -0.2) is 81.5 Å². The summed E-state index contributed by atoms with van der Waals surface area (Å²) in [6.07, 6.45) is 3.14. The van der Waals surface area contributed by atoms with Gasteiger partial charge in [-0.25, -0.2) is 4.99 Å². The molecule has 9 nitrogen and oxygen atoms in total. The first-order valence-corrected chi connectivity index (χ1v) is 10.3. The van der Waals surface area contributed by atoms with Gasteiger partial charge in [0.05, 0.1) is 19.8 Å². The zero-order chi connectivity index (χ0) is 20.6. The molecule has 1 saturated heterocycles. The molecule has 0 aromatic carbocycles. The van der Waals surface area contributed by atoms with E-state index < -0.39 is 0 Å². The molecule has 2 aromatic rings. The van der Waals surface area contributed by atoms with Gasteiger partial charge in [0, 0.05) is 52.7 Å². The molecule has 0 amide bonds. The maximum Gasteiger partial charge on any atom is 0.194 e. The number of rotatable bonds is 8. The summed E-state index contributed by atoms with van der Waals surface area (Å²) in [6, 6.07) is 4.21. The molecule has 0 bridgehead atoms. The lowest BCUT2D eigenvalue weighted by atomic mass is 10.3. The Labute approximate surface area is 196 Å². The molecule has 1 aliphatic heterocycles. The molecule has 0 atom stereocenters. The molecular weight excluding hydrogens is 495 g/mol. The van der Waals surface area contributed by atoms with Crippen LogP contribution >= 0.6 is 24.0 Å². The van der Waals surface area contributed by atoms with Crippen LogP contribution in [-0.2, 0) is 31.9 Å². The smallest absolute Gasteiger partial charge is 0.194 e. The number of morpholine rings is 1. The van der Waals surface area contributed by atoms with Gasteiger partial charge in [0.25, 0.3) is 0 Å². The standard InChI is InChI=1S/C20H34N8O.HI/c1-17-23-24-19(27(17)4)15-22-20(26(3)16-18-7-5-9-25(18)2)21-8-6-10-28-11-13-29-14-12-28;/h5,7,9H,6,8,10-16H2,1-4H3,(H,21,22);1H. The summed E-state index contributed by atoms with van der Waals surface area (Å²) in [5.74, 6) is 2.64. The van der Waals surface area contributed by atoms with Gasteiger partial charge in [0.1, 0.15) is 12.4 Å². The first kappa shape index (κ1) is 24.6. The normalized spacial score (nSPS) is 15.1. The molecule has 168 valence electrons. The second kappa shape index (κ2) is 12.3. The fraction of sp³-hybridized carbons (Fsp3) is 0.650. The number of halogens is 1. The Bertz CT molecular complexity index is 797. The Morgan fingerprint density at radius 1 is 1.27 bits per heavy atom. The highest BCUT2D eigenvalue weighted by Gasteiger charge is 2.12. The van der Waals surface area contributed by atoms with Crippen molar-refractivity contribution in [3.05, 3.63) is 35.7 Å². The maximum absolute atomic E-state index is 5.42. The Morgan fingerprint density at radius 2 is 2.03 bits per heavy atom. The average Bonchev–Trinajstić information content (AvgIpc) is 3.27. The van der Waals surface area contributed by atoms with E-state index in [9.17, 15) is 0 Å². The lowest BCUT2D eigenvalue weighted by Gasteiger charge is -2.27. The molecule has 0 aliphatic carbocycles. The van der Waals surface area contributed by atoms with Crippen molar-refractivity contribution in [3.8, 4) is 0 Å². The molecular formula is C20H35IN8O. The fourth-order valence-electron chi connectivity index (χ4n) is 3.35. The van der Waals surface area contributed by atoms with Crippen molar-refractivity contribution >= 4 is 29.9 Å². The Balaban J connectivity index is 0.00000320. The summed E-state index contributed by atoms with van der Waals surface area (Å²) in [5.41, 5.74) is 1.24. The number of aliphatic imine (C=N–C) groups is 1. The average molecular weight is 530 g/mol. The minimum Gasteiger partial charge on any atom is -0.379 e. The van der Waals surface area contributed by atoms with Crippen molar-refractivity contribution in [2.75, 3.05) is 46.4 Å². The monoisotopic (exact) mass is 530 g/mol. The van der Waals surface area contributed by atoms with Crippen LogP contribution in [0.3, 0.4) is 0 Å². The number of hydrogen-bond donors (Lipinski definition) is 1. The van der Waals surface area contributed by atoms with E-state index in [1.807, 2.05) is 18.5 Å². The topological polar surface area (TPSA) is 75.7 Å². The van der Waals surface area contributed by atoms with Gasteiger partial charge < -0.3 is 24.1 Å². The lowest BCUT2D eigenvalue weighted by Crippen LogP contribution is -2.41. The number of guanidine groups is 1. The number of aromatic nitrogens is 4. The SMILES string of the molecule is Cc1nnc(CN=C(NCCCN2CCOCC2)N(C)Cc2cccn2C)n1C.I. The Hall–Kier alpha value is -1.66. The van der Waals surface area contributed by atoms with E-state index in [1.165, 1.54) is 5.69 Å². The molecule has 30 heavy (non-hydrogen) atoms. The molecule has 0 saturated carbocycles. The van der Waals surface area contributed by atoms with Gasteiger partial charge in [0.15, 0.2) is 11.8 Å². The molecule has 1 N–H and O–H groups in total. The third kappa shape index (κ3) is 6.95. The highest BCUT2D eigenvalue weighted by atomic mass is 127. The molecule has 3 heterocycles. The van der Waals surface area contributed by atoms with Gasteiger partial charge in [-0.2, -0.15) is 0 Å². The van der Waals surface area contributed by atoms with E-state index in [-0.39, 0.29) is 24.0 Å². The summed E-state index contributed by atoms with van der Waals surface area (Å²) in [6.45, 7) is 8.94. The van der Waals surface area contributed by atoms with Crippen LogP contribution in [0.2, 0.25) is 0 Å². The van der Waals surface area contributed by atoms with Crippen molar-refractivity contribution in [2.45, 2.75) is 26.4 Å². The van der Waals surface area contributed by atoms with Crippen LogP contribution in [0.1, 0.15) is 23.8 Å². The Morgan fingerprint density at radius 3 is 2.67 bits per heavy atom. The van der Waals surface area contributed by atoms with Crippen LogP contribution in [0.4, 0.5) is 0 Å². The minimum atomic E-state index is 0. The summed E-state index contributed by atoms with van der Waals surface area (Å²) < 4.78 is 9.54. The number of nitrogens with one attached hydrogen (secondary N) is 1. The molecule has 0 spiro atoms. The zero-order valence-electron chi connectivity index (χ0n) is 18.5. The van der Waals surface area contributed by atoms with Gasteiger partial charge in [0.2, 0.25) is 0 Å². The molecule has 10 heteroatoms. The highest BCUT2D eigenvalue weighted by Crippen LogP contribution is 2.06. The zero-order valence-corrected chi connectivity index (χ0v) is 20.9. The van der Waals surface area contributed by atoms with Crippen molar-refractivity contribution in [3.63, 3.8) is 0 Å². The summed E-state index contributed by atoms with van der Waals surface area (Å²) in [4.78, 5) is 9.44. The quantitative estimate of drug-likeness (QED) is 0.241. The van der Waals surface area contributed by atoms with E-state index >= 15 is 0 Å². The van der Waals surface area contributed by atoms with E-state index in [0.29, 0.717) is 6.54 Å². The van der Waals surface area contributed by atoms with Crippen molar-refractivity contribution < 1.29 is 4.74 Å². The van der Waals surface area contributed by atoms with E-state index in [1.54, 1.807) is 0 Å².